The van der Waals surface area contributed by atoms with Gasteiger partial charge in [-0.2, -0.15) is 0 Å². The Labute approximate surface area is 249 Å². The smallest absolute Gasteiger partial charge is 0.173 e. The van der Waals surface area contributed by atoms with Crippen LogP contribution in [0.4, 0.5) is 13.2 Å². The van der Waals surface area contributed by atoms with E-state index in [1.807, 2.05) is 36.6 Å². The molecule has 1 unspecified atom stereocenters. The van der Waals surface area contributed by atoms with Gasteiger partial charge in [0.25, 0.3) is 0 Å². The molecule has 42 heavy (non-hydrogen) atoms. The summed E-state index contributed by atoms with van der Waals surface area (Å²) in [5.74, 6) is -0.650. The van der Waals surface area contributed by atoms with Crippen LogP contribution in [-0.4, -0.2) is 48.8 Å². The third kappa shape index (κ3) is 6.03. The number of aryl methyl sites for hydroxylation is 2. The number of ether oxygens (including phenoxy) is 2. The summed E-state index contributed by atoms with van der Waals surface area (Å²) in [4.78, 5) is 6.94. The minimum atomic E-state index is -0.662. The Kier molecular flexibility index (Phi) is 8.89. The van der Waals surface area contributed by atoms with Crippen LogP contribution < -0.4 is 9.47 Å². The minimum Gasteiger partial charge on any atom is -0.496 e. The number of thioether (sulfide) groups is 1. The lowest BCUT2D eigenvalue weighted by molar-refractivity contribution is 0.259. The highest BCUT2D eigenvalue weighted by atomic mass is 32.2. The van der Waals surface area contributed by atoms with E-state index in [4.69, 9.17) is 14.5 Å². The lowest BCUT2D eigenvalue weighted by Gasteiger charge is -2.36. The molecule has 1 heterocycles. The highest BCUT2D eigenvalue weighted by molar-refractivity contribution is 7.98. The van der Waals surface area contributed by atoms with Crippen molar-refractivity contribution < 1.29 is 22.6 Å². The Morgan fingerprint density at radius 1 is 1.02 bits per heavy atom. The number of rotatable bonds is 10. The van der Waals surface area contributed by atoms with E-state index in [0.29, 0.717) is 18.3 Å². The van der Waals surface area contributed by atoms with E-state index in [9.17, 15) is 4.39 Å². The zero-order chi connectivity index (χ0) is 30.0. The fourth-order valence-corrected chi connectivity index (χ4v) is 6.67. The Balaban J connectivity index is 1.53. The summed E-state index contributed by atoms with van der Waals surface area (Å²) in [6.07, 6.45) is 2.61. The fraction of sp³-hybridized carbons (Fsp3) is 0.364. The second kappa shape index (κ2) is 12.4. The summed E-state index contributed by atoms with van der Waals surface area (Å²) < 4.78 is 57.3. The van der Waals surface area contributed by atoms with Crippen molar-refractivity contribution in [2.24, 2.45) is 0 Å². The SMILES string of the molecule is COc1ccc(C2(C)CCCc3nc(SCc4c(F)cc(OCCN(C)C)cc4F)n(-c4ccc(F)cc4)c32)cc1C. The highest BCUT2D eigenvalue weighted by Crippen LogP contribution is 2.46. The van der Waals surface area contributed by atoms with Gasteiger partial charge in [-0.25, -0.2) is 18.2 Å². The van der Waals surface area contributed by atoms with E-state index in [1.165, 1.54) is 36.0 Å². The summed E-state index contributed by atoms with van der Waals surface area (Å²) in [5, 5.41) is 0.607. The molecule has 0 bridgehead atoms. The van der Waals surface area contributed by atoms with Gasteiger partial charge < -0.3 is 14.4 Å². The zero-order valence-electron chi connectivity index (χ0n) is 24.6. The molecular formula is C33H36F3N3O2S. The number of aromatic nitrogens is 2. The van der Waals surface area contributed by atoms with Crippen molar-refractivity contribution in [3.8, 4) is 17.2 Å². The van der Waals surface area contributed by atoms with Crippen LogP contribution >= 0.6 is 11.8 Å². The van der Waals surface area contributed by atoms with Crippen LogP contribution in [0.3, 0.4) is 0 Å². The Hall–Kier alpha value is -3.43. The first-order chi connectivity index (χ1) is 20.1. The maximum atomic E-state index is 15.1. The summed E-state index contributed by atoms with van der Waals surface area (Å²) in [6.45, 7) is 5.19. The molecule has 5 nitrogen and oxygen atoms in total. The number of nitrogens with zero attached hydrogens (tertiary/aromatic N) is 3. The molecule has 1 atom stereocenters. The zero-order valence-corrected chi connectivity index (χ0v) is 25.5. The number of hydrogen-bond donors (Lipinski definition) is 0. The lowest BCUT2D eigenvalue weighted by Crippen LogP contribution is -2.31. The normalized spacial score (nSPS) is 16.5. The molecule has 0 aliphatic heterocycles. The van der Waals surface area contributed by atoms with E-state index >= 15 is 8.78 Å². The van der Waals surface area contributed by atoms with Crippen molar-refractivity contribution >= 4 is 11.8 Å². The summed E-state index contributed by atoms with van der Waals surface area (Å²) in [5.41, 5.74) is 4.42. The summed E-state index contributed by atoms with van der Waals surface area (Å²) in [7, 11) is 5.46. The van der Waals surface area contributed by atoms with Gasteiger partial charge in [0.2, 0.25) is 0 Å². The second-order valence-electron chi connectivity index (χ2n) is 11.2. The first-order valence-corrected chi connectivity index (χ1v) is 15.0. The average Bonchev–Trinajstić information content (AvgIpc) is 3.32. The fourth-order valence-electron chi connectivity index (χ4n) is 5.62. The third-order valence-corrected chi connectivity index (χ3v) is 8.88. The maximum Gasteiger partial charge on any atom is 0.173 e. The van der Waals surface area contributed by atoms with Gasteiger partial charge in [0.05, 0.1) is 18.5 Å². The van der Waals surface area contributed by atoms with E-state index < -0.39 is 17.0 Å². The number of halogens is 3. The van der Waals surface area contributed by atoms with Crippen LogP contribution in [0, 0.1) is 24.4 Å². The third-order valence-electron chi connectivity index (χ3n) is 7.92. The highest BCUT2D eigenvalue weighted by Gasteiger charge is 2.40. The Bertz CT molecular complexity index is 1550. The molecule has 3 aromatic carbocycles. The average molecular weight is 596 g/mol. The first kappa shape index (κ1) is 30.0. The molecule has 9 heteroatoms. The molecular weight excluding hydrogens is 559 g/mol. The van der Waals surface area contributed by atoms with Gasteiger partial charge in [-0.15, -0.1) is 0 Å². The van der Waals surface area contributed by atoms with Crippen LogP contribution in [0.5, 0.6) is 11.5 Å². The van der Waals surface area contributed by atoms with Crippen molar-refractivity contribution in [2.75, 3.05) is 34.4 Å². The van der Waals surface area contributed by atoms with Crippen LogP contribution in [0.2, 0.25) is 0 Å². The predicted molar refractivity (Wildman–Crippen MR) is 161 cm³/mol. The number of imidazole rings is 1. The molecule has 0 N–H and O–H groups in total. The topological polar surface area (TPSA) is 39.5 Å². The number of methoxy groups -OCH3 is 1. The standard InChI is InChI=1S/C33H36F3N3O2S/c1-21-17-22(8-13-30(21)40-5)33(2)14-6-7-29-31(33)39(24-11-9-23(34)10-12-24)32(37-29)42-20-26-27(35)18-25(19-28(26)36)41-16-15-38(3)4/h8-13,17-19H,6-7,14-16,20H2,1-5H3. The monoisotopic (exact) mass is 595 g/mol. The van der Waals surface area contributed by atoms with Crippen molar-refractivity contribution in [1.29, 1.82) is 0 Å². The number of hydrogen-bond acceptors (Lipinski definition) is 5. The molecule has 4 aromatic rings. The molecule has 1 aliphatic rings. The summed E-state index contributed by atoms with van der Waals surface area (Å²) in [6, 6.07) is 15.0. The molecule has 0 saturated heterocycles. The van der Waals surface area contributed by atoms with E-state index in [2.05, 4.69) is 19.1 Å². The molecule has 0 radical (unpaired) electrons. The number of likely N-dealkylation sites (N-methyl/N-ethyl adjacent to an activating group) is 1. The Morgan fingerprint density at radius 3 is 2.38 bits per heavy atom. The van der Waals surface area contributed by atoms with Crippen LogP contribution in [0.25, 0.3) is 5.69 Å². The van der Waals surface area contributed by atoms with E-state index in [0.717, 1.165) is 53.2 Å². The molecule has 5 rings (SSSR count). The number of fused-ring (bicyclic) bond motifs is 1. The largest absolute Gasteiger partial charge is 0.496 e. The molecule has 0 fully saturated rings. The van der Waals surface area contributed by atoms with Crippen LogP contribution in [0.15, 0.2) is 59.8 Å². The van der Waals surface area contributed by atoms with Crippen molar-refractivity contribution in [1.82, 2.24) is 14.5 Å². The van der Waals surface area contributed by atoms with Crippen molar-refractivity contribution in [3.05, 3.63) is 100 Å². The maximum absolute atomic E-state index is 15.1. The Morgan fingerprint density at radius 2 is 1.74 bits per heavy atom. The molecule has 222 valence electrons. The second-order valence-corrected chi connectivity index (χ2v) is 12.1. The predicted octanol–water partition coefficient (Wildman–Crippen LogP) is 7.48. The first-order valence-electron chi connectivity index (χ1n) is 14.0. The van der Waals surface area contributed by atoms with Gasteiger partial charge in [-0.3, -0.25) is 4.57 Å². The van der Waals surface area contributed by atoms with Gasteiger partial charge >= 0.3 is 0 Å². The molecule has 0 amide bonds. The molecule has 0 saturated carbocycles. The number of benzene rings is 3. The molecule has 0 spiro atoms. The van der Waals surface area contributed by atoms with Gasteiger partial charge in [-0.1, -0.05) is 23.9 Å². The van der Waals surface area contributed by atoms with Gasteiger partial charge in [0, 0.05) is 41.1 Å². The van der Waals surface area contributed by atoms with Crippen LogP contribution in [-0.2, 0) is 17.6 Å². The van der Waals surface area contributed by atoms with Gasteiger partial charge in [0.1, 0.15) is 35.6 Å². The van der Waals surface area contributed by atoms with E-state index in [1.54, 1.807) is 19.2 Å². The van der Waals surface area contributed by atoms with Crippen molar-refractivity contribution in [2.45, 2.75) is 49.4 Å². The summed E-state index contributed by atoms with van der Waals surface area (Å²) >= 11 is 1.26. The van der Waals surface area contributed by atoms with E-state index in [-0.39, 0.29) is 22.9 Å². The van der Waals surface area contributed by atoms with Gasteiger partial charge in [0.15, 0.2) is 5.16 Å². The minimum absolute atomic E-state index is 0.0328. The van der Waals surface area contributed by atoms with Gasteiger partial charge in [-0.05, 0) is 88.7 Å². The van der Waals surface area contributed by atoms with Crippen molar-refractivity contribution in [3.63, 3.8) is 0 Å². The van der Waals surface area contributed by atoms with Crippen LogP contribution in [0.1, 0.15) is 47.8 Å². The quantitative estimate of drug-likeness (QED) is 0.178. The lowest BCUT2D eigenvalue weighted by atomic mass is 9.71. The molecule has 1 aromatic heterocycles. The molecule has 1 aliphatic carbocycles.